The van der Waals surface area contributed by atoms with Crippen LogP contribution in [0.4, 0.5) is 0 Å². The number of hydrogen-bond acceptors (Lipinski definition) is 6. The number of methoxy groups -OCH3 is 1. The molecule has 0 aromatic heterocycles. The highest BCUT2D eigenvalue weighted by molar-refractivity contribution is 5.92. The van der Waals surface area contributed by atoms with E-state index >= 15 is 0 Å². The lowest BCUT2D eigenvalue weighted by molar-refractivity contribution is -0.136. The second-order valence-corrected chi connectivity index (χ2v) is 7.37. The molecule has 0 fully saturated rings. The summed E-state index contributed by atoms with van der Waals surface area (Å²) in [6.07, 6.45) is 0. The molecule has 0 spiro atoms. The highest BCUT2D eigenvalue weighted by Gasteiger charge is 2.35. The van der Waals surface area contributed by atoms with E-state index in [1.807, 2.05) is 55.5 Å². The molecular weight excluding hydrogens is 394 g/mol. The number of carbonyl (C=O) groups excluding carboxylic acids is 1. The smallest absolute Gasteiger partial charge is 0.340 e. The second kappa shape index (κ2) is 8.44. The number of carbonyl (C=O) groups is 1. The average Bonchev–Trinajstić information content (AvgIpc) is 2.77. The number of phenolic OH excluding ortho intramolecular Hbond substituents is 1. The molecular formula is C25H23NO5. The summed E-state index contributed by atoms with van der Waals surface area (Å²) in [6.45, 7) is 2.50. The van der Waals surface area contributed by atoms with Gasteiger partial charge in [0.05, 0.1) is 13.0 Å². The van der Waals surface area contributed by atoms with Gasteiger partial charge >= 0.3 is 5.97 Å². The standard InChI is InChI=1S/C25H23NO5/c1-15-3-5-16(6-4-15)14-30-19-10-7-17(8-11-19)22-20-12-9-18(27)13-21(20)31-24(26)23(22)25(28)29-2/h3-13,22,27H,14,26H2,1-2H3. The molecule has 1 aliphatic heterocycles. The second-order valence-electron chi connectivity index (χ2n) is 7.37. The Morgan fingerprint density at radius 3 is 2.45 bits per heavy atom. The number of fused-ring (bicyclic) bond motifs is 1. The molecule has 0 saturated carbocycles. The summed E-state index contributed by atoms with van der Waals surface area (Å²) in [5.74, 6) is 0.0407. The van der Waals surface area contributed by atoms with E-state index in [0.29, 0.717) is 23.7 Å². The van der Waals surface area contributed by atoms with Crippen LogP contribution in [0.2, 0.25) is 0 Å². The van der Waals surface area contributed by atoms with Gasteiger partial charge in [-0.1, -0.05) is 48.0 Å². The minimum Gasteiger partial charge on any atom is -0.508 e. The van der Waals surface area contributed by atoms with Crippen LogP contribution in [0, 0.1) is 6.92 Å². The van der Waals surface area contributed by atoms with Crippen LogP contribution in [0.3, 0.4) is 0 Å². The summed E-state index contributed by atoms with van der Waals surface area (Å²) in [6, 6.07) is 20.4. The van der Waals surface area contributed by atoms with Crippen LogP contribution < -0.4 is 15.2 Å². The van der Waals surface area contributed by atoms with Crippen molar-refractivity contribution in [1.82, 2.24) is 0 Å². The molecule has 0 amide bonds. The number of rotatable bonds is 5. The van der Waals surface area contributed by atoms with Crippen molar-refractivity contribution in [3.8, 4) is 17.2 Å². The van der Waals surface area contributed by atoms with Crippen molar-refractivity contribution in [1.29, 1.82) is 0 Å². The van der Waals surface area contributed by atoms with Crippen molar-refractivity contribution < 1.29 is 24.1 Å². The fourth-order valence-corrected chi connectivity index (χ4v) is 3.60. The van der Waals surface area contributed by atoms with Gasteiger partial charge in [0.25, 0.3) is 0 Å². The van der Waals surface area contributed by atoms with E-state index in [9.17, 15) is 9.90 Å². The van der Waals surface area contributed by atoms with Gasteiger partial charge in [-0.25, -0.2) is 4.79 Å². The lowest BCUT2D eigenvalue weighted by Crippen LogP contribution is -2.26. The minimum atomic E-state index is -0.569. The van der Waals surface area contributed by atoms with Crippen LogP contribution in [-0.2, 0) is 16.1 Å². The Kier molecular flexibility index (Phi) is 5.54. The molecule has 3 aromatic carbocycles. The van der Waals surface area contributed by atoms with Gasteiger partial charge in [-0.05, 0) is 36.2 Å². The van der Waals surface area contributed by atoms with Crippen LogP contribution in [-0.4, -0.2) is 18.2 Å². The number of benzene rings is 3. The Labute approximate surface area is 180 Å². The van der Waals surface area contributed by atoms with Crippen molar-refractivity contribution in [3.05, 3.63) is 100 Å². The summed E-state index contributed by atoms with van der Waals surface area (Å²) in [5, 5.41) is 9.81. The molecule has 1 heterocycles. The Hall–Kier alpha value is -3.93. The first-order chi connectivity index (χ1) is 15.0. The lowest BCUT2D eigenvalue weighted by Gasteiger charge is -2.28. The summed E-state index contributed by atoms with van der Waals surface area (Å²) >= 11 is 0. The van der Waals surface area contributed by atoms with Crippen LogP contribution in [0.1, 0.15) is 28.2 Å². The van der Waals surface area contributed by atoms with Gasteiger partial charge in [0.15, 0.2) is 0 Å². The number of phenols is 1. The summed E-state index contributed by atoms with van der Waals surface area (Å²) < 4.78 is 16.4. The van der Waals surface area contributed by atoms with Crippen molar-refractivity contribution in [2.24, 2.45) is 5.73 Å². The van der Waals surface area contributed by atoms with E-state index in [1.165, 1.54) is 18.7 Å². The maximum Gasteiger partial charge on any atom is 0.340 e. The monoisotopic (exact) mass is 417 g/mol. The predicted octanol–water partition coefficient (Wildman–Crippen LogP) is 4.15. The molecule has 1 unspecified atom stereocenters. The van der Waals surface area contributed by atoms with Crippen molar-refractivity contribution in [2.45, 2.75) is 19.4 Å². The average molecular weight is 417 g/mol. The molecule has 4 rings (SSSR count). The molecule has 3 aromatic rings. The zero-order chi connectivity index (χ0) is 22.0. The zero-order valence-electron chi connectivity index (χ0n) is 17.3. The van der Waals surface area contributed by atoms with Crippen molar-refractivity contribution in [3.63, 3.8) is 0 Å². The first-order valence-electron chi connectivity index (χ1n) is 9.83. The summed E-state index contributed by atoms with van der Waals surface area (Å²) in [7, 11) is 1.30. The van der Waals surface area contributed by atoms with E-state index in [4.69, 9.17) is 19.9 Å². The molecule has 6 heteroatoms. The molecule has 158 valence electrons. The quantitative estimate of drug-likeness (QED) is 0.606. The van der Waals surface area contributed by atoms with E-state index in [-0.39, 0.29) is 17.2 Å². The number of aryl methyl sites for hydroxylation is 1. The number of esters is 1. The minimum absolute atomic E-state index is 0.0466. The van der Waals surface area contributed by atoms with Crippen LogP contribution in [0.25, 0.3) is 0 Å². The van der Waals surface area contributed by atoms with Crippen molar-refractivity contribution >= 4 is 5.97 Å². The Morgan fingerprint density at radius 2 is 1.77 bits per heavy atom. The molecule has 1 atom stereocenters. The molecule has 3 N–H and O–H groups in total. The van der Waals surface area contributed by atoms with Crippen LogP contribution in [0.15, 0.2) is 78.2 Å². The fraction of sp³-hybridized carbons (Fsp3) is 0.160. The third kappa shape index (κ3) is 4.19. The normalized spacial score (nSPS) is 15.1. The van der Waals surface area contributed by atoms with Gasteiger partial charge in [-0.3, -0.25) is 0 Å². The Balaban J connectivity index is 1.63. The maximum atomic E-state index is 12.5. The van der Waals surface area contributed by atoms with E-state index in [2.05, 4.69) is 0 Å². The van der Waals surface area contributed by atoms with Gasteiger partial charge in [0, 0.05) is 11.6 Å². The molecule has 6 nitrogen and oxygen atoms in total. The number of aromatic hydroxyl groups is 1. The summed E-state index contributed by atoms with van der Waals surface area (Å²) in [5.41, 5.74) is 10.1. The van der Waals surface area contributed by atoms with E-state index in [1.54, 1.807) is 12.1 Å². The van der Waals surface area contributed by atoms with Crippen molar-refractivity contribution in [2.75, 3.05) is 7.11 Å². The van der Waals surface area contributed by atoms with Crippen LogP contribution >= 0.6 is 0 Å². The fourth-order valence-electron chi connectivity index (χ4n) is 3.60. The molecule has 0 saturated heterocycles. The number of ether oxygens (including phenoxy) is 3. The number of nitrogens with two attached hydrogens (primary N) is 1. The maximum absolute atomic E-state index is 12.5. The van der Waals surface area contributed by atoms with E-state index in [0.717, 1.165) is 11.1 Å². The van der Waals surface area contributed by atoms with Crippen LogP contribution in [0.5, 0.6) is 17.2 Å². The highest BCUT2D eigenvalue weighted by atomic mass is 16.5. The summed E-state index contributed by atoms with van der Waals surface area (Å²) in [4.78, 5) is 12.5. The Morgan fingerprint density at radius 1 is 1.06 bits per heavy atom. The van der Waals surface area contributed by atoms with Gasteiger partial charge in [0.1, 0.15) is 29.4 Å². The molecule has 0 radical (unpaired) electrons. The Bertz CT molecular complexity index is 1130. The van der Waals surface area contributed by atoms with E-state index < -0.39 is 11.9 Å². The lowest BCUT2D eigenvalue weighted by atomic mass is 9.83. The third-order valence-corrected chi connectivity index (χ3v) is 5.23. The topological polar surface area (TPSA) is 91.0 Å². The first-order valence-corrected chi connectivity index (χ1v) is 9.83. The van der Waals surface area contributed by atoms with Gasteiger partial charge in [-0.15, -0.1) is 0 Å². The molecule has 31 heavy (non-hydrogen) atoms. The molecule has 1 aliphatic rings. The molecule has 0 bridgehead atoms. The highest BCUT2D eigenvalue weighted by Crippen LogP contribution is 2.44. The van der Waals surface area contributed by atoms with Gasteiger partial charge in [0.2, 0.25) is 5.88 Å². The third-order valence-electron chi connectivity index (χ3n) is 5.23. The number of hydrogen-bond donors (Lipinski definition) is 2. The SMILES string of the molecule is COC(=O)C1=C(N)Oc2cc(O)ccc2C1c1ccc(OCc2ccc(C)cc2)cc1. The zero-order valence-corrected chi connectivity index (χ0v) is 17.3. The predicted molar refractivity (Wildman–Crippen MR) is 116 cm³/mol. The molecule has 0 aliphatic carbocycles. The van der Waals surface area contributed by atoms with Gasteiger partial charge < -0.3 is 25.1 Å². The van der Waals surface area contributed by atoms with Gasteiger partial charge in [-0.2, -0.15) is 0 Å². The largest absolute Gasteiger partial charge is 0.508 e. The first kappa shape index (κ1) is 20.3.